The fourth-order valence-corrected chi connectivity index (χ4v) is 5.43. The van der Waals surface area contributed by atoms with Crippen molar-refractivity contribution in [2.45, 2.75) is 57.2 Å². The Morgan fingerprint density at radius 1 is 1.05 bits per heavy atom. The number of ether oxygens (including phenoxy) is 1. The van der Waals surface area contributed by atoms with Crippen LogP contribution in [0.3, 0.4) is 0 Å². The number of imide groups is 1. The molecule has 0 bridgehead atoms. The molecule has 39 heavy (non-hydrogen) atoms. The highest BCUT2D eigenvalue weighted by Crippen LogP contribution is 2.38. The van der Waals surface area contributed by atoms with Gasteiger partial charge in [-0.15, -0.1) is 0 Å². The topological polar surface area (TPSA) is 119 Å². The van der Waals surface area contributed by atoms with E-state index in [0.717, 1.165) is 42.4 Å². The van der Waals surface area contributed by atoms with E-state index in [4.69, 9.17) is 4.74 Å². The molecule has 3 saturated heterocycles. The molecule has 0 aliphatic carbocycles. The molecule has 1 unspecified atom stereocenters. The summed E-state index contributed by atoms with van der Waals surface area (Å²) in [5.41, 5.74) is -1.48. The Bertz CT molecular complexity index is 1090. The first-order valence-corrected chi connectivity index (χ1v) is 13.2. The van der Waals surface area contributed by atoms with Crippen LogP contribution in [0.5, 0.6) is 0 Å². The summed E-state index contributed by atoms with van der Waals surface area (Å²) in [6, 6.07) is 2.00. The van der Waals surface area contributed by atoms with Gasteiger partial charge in [-0.25, -0.2) is 9.59 Å². The van der Waals surface area contributed by atoms with Gasteiger partial charge in [-0.3, -0.25) is 19.8 Å². The smallest absolute Gasteiger partial charge is 0.418 e. The van der Waals surface area contributed by atoms with Gasteiger partial charge in [0.2, 0.25) is 5.91 Å². The maximum absolute atomic E-state index is 13.7. The maximum Gasteiger partial charge on any atom is 0.418 e. The predicted molar refractivity (Wildman–Crippen MR) is 133 cm³/mol. The number of carbonyl (C=O) groups excluding carboxylic acids is 3. The summed E-state index contributed by atoms with van der Waals surface area (Å²) in [6.07, 6.45) is -1.09. The van der Waals surface area contributed by atoms with Crippen molar-refractivity contribution >= 4 is 29.6 Å². The molecule has 0 spiro atoms. The fourth-order valence-electron chi connectivity index (χ4n) is 5.43. The number of benzene rings is 1. The van der Waals surface area contributed by atoms with Crippen molar-refractivity contribution in [3.8, 4) is 0 Å². The Morgan fingerprint density at radius 2 is 1.79 bits per heavy atom. The second kappa shape index (κ2) is 12.2. The number of urea groups is 1. The molecule has 1 aromatic carbocycles. The van der Waals surface area contributed by atoms with Crippen molar-refractivity contribution in [2.24, 2.45) is 5.92 Å². The third-order valence-corrected chi connectivity index (χ3v) is 7.62. The maximum atomic E-state index is 13.7. The lowest BCUT2D eigenvalue weighted by atomic mass is 9.96. The fraction of sp³-hybridized carbons (Fsp3) is 0.615. The lowest BCUT2D eigenvalue weighted by Crippen LogP contribution is -2.50. The first kappa shape index (κ1) is 28.7. The van der Waals surface area contributed by atoms with Gasteiger partial charge in [-0.05, 0) is 62.6 Å². The molecule has 214 valence electrons. The number of carboxylic acid groups (broad SMARTS) is 1. The van der Waals surface area contributed by atoms with Crippen LogP contribution in [0.4, 0.5) is 28.4 Å². The number of alkyl halides is 3. The zero-order valence-electron chi connectivity index (χ0n) is 21.5. The molecule has 1 aromatic rings. The van der Waals surface area contributed by atoms with E-state index in [9.17, 15) is 37.5 Å². The van der Waals surface area contributed by atoms with E-state index >= 15 is 0 Å². The molecule has 3 aliphatic rings. The lowest BCUT2D eigenvalue weighted by Gasteiger charge is -2.34. The number of nitrogens with zero attached hydrogens (tertiary/aromatic N) is 3. The highest BCUT2D eigenvalue weighted by atomic mass is 19.4. The van der Waals surface area contributed by atoms with E-state index in [1.807, 2.05) is 5.32 Å². The first-order chi connectivity index (χ1) is 18.5. The van der Waals surface area contributed by atoms with Crippen molar-refractivity contribution in [1.29, 1.82) is 0 Å². The van der Waals surface area contributed by atoms with E-state index in [0.29, 0.717) is 52.1 Å². The number of nitrogens with one attached hydrogen (secondary N) is 1. The molecular weight excluding hydrogens is 521 g/mol. The van der Waals surface area contributed by atoms with Crippen LogP contribution in [-0.2, 0) is 15.7 Å². The van der Waals surface area contributed by atoms with Crippen LogP contribution in [0.1, 0.15) is 60.9 Å². The summed E-state index contributed by atoms with van der Waals surface area (Å²) in [6.45, 7) is 2.12. The van der Waals surface area contributed by atoms with Crippen molar-refractivity contribution in [3.63, 3.8) is 0 Å². The Labute approximate surface area is 224 Å². The molecule has 3 aliphatic heterocycles. The number of likely N-dealkylation sites (tertiary alicyclic amines) is 2. The third kappa shape index (κ3) is 7.00. The number of hydrogen-bond acceptors (Lipinski definition) is 5. The summed E-state index contributed by atoms with van der Waals surface area (Å²) in [7, 11) is 0. The van der Waals surface area contributed by atoms with Crippen LogP contribution >= 0.6 is 0 Å². The number of piperidine rings is 2. The SMILES string of the molecule is O=C1CCN(c2cc(C(=O)N3CCC(COCCC4CCCCN4C(=O)O)CC3)ccc2C(F)(F)F)C(=O)N1. The molecule has 4 rings (SSSR count). The standard InChI is InChI=1S/C26H33F3N4O6/c27-26(28,29)20-5-4-18(15-21(20)33-13-8-22(34)30-24(33)36)23(35)31-11-6-17(7-12-31)16-39-14-9-19-3-1-2-10-32(19)25(37)38/h4-5,15,17,19H,1-3,6-14,16H2,(H,37,38)(H,30,34,36). The molecule has 1 atom stereocenters. The molecule has 2 N–H and O–H groups in total. The zero-order chi connectivity index (χ0) is 28.2. The zero-order valence-corrected chi connectivity index (χ0v) is 21.5. The summed E-state index contributed by atoms with van der Waals surface area (Å²) < 4.78 is 46.8. The largest absolute Gasteiger partial charge is 0.465 e. The Morgan fingerprint density at radius 3 is 2.46 bits per heavy atom. The van der Waals surface area contributed by atoms with Crippen LogP contribution in [0, 0.1) is 5.92 Å². The second-order valence-electron chi connectivity index (χ2n) is 10.2. The van der Waals surface area contributed by atoms with Crippen molar-refractivity contribution in [1.82, 2.24) is 15.1 Å². The van der Waals surface area contributed by atoms with Gasteiger partial charge >= 0.3 is 18.3 Å². The van der Waals surface area contributed by atoms with Gasteiger partial charge in [0.05, 0.1) is 11.3 Å². The Balaban J connectivity index is 1.31. The van der Waals surface area contributed by atoms with Crippen LogP contribution in [0.2, 0.25) is 0 Å². The van der Waals surface area contributed by atoms with Crippen LogP contribution in [0.15, 0.2) is 18.2 Å². The summed E-state index contributed by atoms with van der Waals surface area (Å²) in [5, 5.41) is 11.4. The molecule has 0 aromatic heterocycles. The molecule has 13 heteroatoms. The van der Waals surface area contributed by atoms with Gasteiger partial charge in [-0.2, -0.15) is 13.2 Å². The second-order valence-corrected chi connectivity index (χ2v) is 10.2. The summed E-state index contributed by atoms with van der Waals surface area (Å²) in [4.78, 5) is 52.1. The average Bonchev–Trinajstić information content (AvgIpc) is 2.90. The number of rotatable bonds is 7. The normalized spacial score (nSPS) is 21.2. The van der Waals surface area contributed by atoms with E-state index in [1.54, 1.807) is 4.90 Å². The van der Waals surface area contributed by atoms with E-state index in [-0.39, 0.29) is 30.5 Å². The lowest BCUT2D eigenvalue weighted by molar-refractivity contribution is -0.137. The van der Waals surface area contributed by atoms with Gasteiger partial charge in [0, 0.05) is 57.4 Å². The van der Waals surface area contributed by atoms with E-state index < -0.39 is 41.4 Å². The first-order valence-electron chi connectivity index (χ1n) is 13.2. The minimum Gasteiger partial charge on any atom is -0.465 e. The summed E-state index contributed by atoms with van der Waals surface area (Å²) in [5.74, 6) is -0.780. The molecule has 0 radical (unpaired) electrons. The Kier molecular flexibility index (Phi) is 8.98. The van der Waals surface area contributed by atoms with Crippen molar-refractivity contribution < 1.29 is 42.2 Å². The quantitative estimate of drug-likeness (QED) is 0.493. The molecule has 0 saturated carbocycles. The van der Waals surface area contributed by atoms with Gasteiger partial charge < -0.3 is 19.6 Å². The van der Waals surface area contributed by atoms with Gasteiger partial charge in [0.15, 0.2) is 0 Å². The minimum atomic E-state index is -4.75. The molecule has 3 heterocycles. The van der Waals surface area contributed by atoms with Gasteiger partial charge in [0.1, 0.15) is 0 Å². The molecule has 3 fully saturated rings. The van der Waals surface area contributed by atoms with Gasteiger partial charge in [0.25, 0.3) is 5.91 Å². The number of halogens is 3. The van der Waals surface area contributed by atoms with Crippen LogP contribution < -0.4 is 10.2 Å². The highest BCUT2D eigenvalue weighted by molar-refractivity contribution is 6.06. The van der Waals surface area contributed by atoms with E-state index in [1.165, 1.54) is 4.90 Å². The van der Waals surface area contributed by atoms with E-state index in [2.05, 4.69) is 0 Å². The predicted octanol–water partition coefficient (Wildman–Crippen LogP) is 3.94. The minimum absolute atomic E-state index is 0.0270. The number of amides is 5. The third-order valence-electron chi connectivity index (χ3n) is 7.62. The number of carbonyl (C=O) groups is 4. The van der Waals surface area contributed by atoms with Crippen LogP contribution in [-0.4, -0.2) is 84.3 Å². The molecule has 5 amide bonds. The van der Waals surface area contributed by atoms with Crippen molar-refractivity contribution in [3.05, 3.63) is 29.3 Å². The van der Waals surface area contributed by atoms with Crippen molar-refractivity contribution in [2.75, 3.05) is 44.3 Å². The highest BCUT2D eigenvalue weighted by Gasteiger charge is 2.38. The van der Waals surface area contributed by atoms with Gasteiger partial charge in [-0.1, -0.05) is 0 Å². The number of hydrogen-bond donors (Lipinski definition) is 2. The molecular formula is C26H33F3N4O6. The number of anilines is 1. The monoisotopic (exact) mass is 554 g/mol. The average molecular weight is 555 g/mol. The summed E-state index contributed by atoms with van der Waals surface area (Å²) >= 11 is 0. The molecule has 10 nitrogen and oxygen atoms in total. The van der Waals surface area contributed by atoms with Crippen LogP contribution in [0.25, 0.3) is 0 Å². The Hall–Kier alpha value is -3.35.